The molecular formula is C23H23FN2O3. The van der Waals surface area contributed by atoms with Crippen molar-refractivity contribution in [2.75, 3.05) is 20.8 Å². The number of nitrogens with zero attached hydrogens (tertiary/aromatic N) is 1. The monoisotopic (exact) mass is 394 g/mol. The van der Waals surface area contributed by atoms with Crippen LogP contribution in [0.15, 0.2) is 36.4 Å². The second-order valence-electron chi connectivity index (χ2n) is 8.04. The van der Waals surface area contributed by atoms with Gasteiger partial charge in [-0.1, -0.05) is 0 Å². The second kappa shape index (κ2) is 6.24. The summed E-state index contributed by atoms with van der Waals surface area (Å²) in [5, 5.41) is 1.13. The van der Waals surface area contributed by atoms with Crippen LogP contribution in [-0.2, 0) is 10.2 Å². The number of hydrogen-bond acceptors (Lipinski definition) is 3. The van der Waals surface area contributed by atoms with Gasteiger partial charge in [-0.25, -0.2) is 4.39 Å². The Balaban J connectivity index is 1.80. The van der Waals surface area contributed by atoms with E-state index in [9.17, 15) is 9.18 Å². The Morgan fingerprint density at radius 2 is 1.97 bits per heavy atom. The number of carbonyl (C=O) groups is 1. The van der Waals surface area contributed by atoms with Crippen molar-refractivity contribution in [3.63, 3.8) is 0 Å². The van der Waals surface area contributed by atoms with Crippen LogP contribution in [0.4, 0.5) is 4.39 Å². The molecule has 2 aliphatic rings. The van der Waals surface area contributed by atoms with E-state index in [1.54, 1.807) is 20.1 Å². The standard InChI is InChI=1S/C23H23FN2O3/c1-13(27)26-12-23(8-9-23)20-17-11-15(28-2)5-7-18(17)25-21(20)22(26)16-6-4-14(24)10-19(16)29-3/h4-7,10-11,22,25H,8-9,12H2,1-3H3. The molecule has 2 heterocycles. The molecule has 1 unspecified atom stereocenters. The Morgan fingerprint density at radius 3 is 2.62 bits per heavy atom. The zero-order valence-electron chi connectivity index (χ0n) is 16.7. The Hall–Kier alpha value is -3.02. The lowest BCUT2D eigenvalue weighted by atomic mass is 9.83. The lowest BCUT2D eigenvalue weighted by molar-refractivity contribution is -0.131. The van der Waals surface area contributed by atoms with Crippen molar-refractivity contribution in [1.29, 1.82) is 0 Å². The number of halogens is 1. The number of H-pyrrole nitrogens is 1. The molecule has 0 bridgehead atoms. The van der Waals surface area contributed by atoms with E-state index in [1.165, 1.54) is 24.8 Å². The summed E-state index contributed by atoms with van der Waals surface area (Å²) in [6.45, 7) is 2.24. The first-order chi connectivity index (χ1) is 14.0. The Labute approximate surface area is 168 Å². The van der Waals surface area contributed by atoms with Gasteiger partial charge < -0.3 is 19.4 Å². The van der Waals surface area contributed by atoms with Gasteiger partial charge in [-0.3, -0.25) is 4.79 Å². The highest BCUT2D eigenvalue weighted by molar-refractivity contribution is 5.89. The molecule has 1 fully saturated rings. The van der Waals surface area contributed by atoms with E-state index >= 15 is 0 Å². The number of carbonyl (C=O) groups excluding carboxylic acids is 1. The lowest BCUT2D eigenvalue weighted by Crippen LogP contribution is -2.44. The Bertz CT molecular complexity index is 1130. The van der Waals surface area contributed by atoms with Crippen LogP contribution in [0.25, 0.3) is 10.9 Å². The van der Waals surface area contributed by atoms with E-state index in [2.05, 4.69) is 11.1 Å². The predicted molar refractivity (Wildman–Crippen MR) is 108 cm³/mol. The number of nitrogens with one attached hydrogen (secondary N) is 1. The topological polar surface area (TPSA) is 54.6 Å². The van der Waals surface area contributed by atoms with Gasteiger partial charge in [0.2, 0.25) is 5.91 Å². The maximum absolute atomic E-state index is 13.9. The lowest BCUT2D eigenvalue weighted by Gasteiger charge is -2.40. The van der Waals surface area contributed by atoms with E-state index in [0.29, 0.717) is 12.3 Å². The molecule has 0 radical (unpaired) electrons. The zero-order chi connectivity index (χ0) is 20.3. The quantitative estimate of drug-likeness (QED) is 0.720. The molecule has 1 amide bonds. The van der Waals surface area contributed by atoms with Crippen LogP contribution in [0.5, 0.6) is 11.5 Å². The van der Waals surface area contributed by atoms with Crippen molar-refractivity contribution in [3.8, 4) is 11.5 Å². The van der Waals surface area contributed by atoms with Crippen LogP contribution in [0.2, 0.25) is 0 Å². The zero-order valence-corrected chi connectivity index (χ0v) is 16.7. The average molecular weight is 394 g/mol. The summed E-state index contributed by atoms with van der Waals surface area (Å²) >= 11 is 0. The molecule has 2 aromatic carbocycles. The molecule has 1 spiro atoms. The van der Waals surface area contributed by atoms with Crippen LogP contribution in [-0.4, -0.2) is 36.6 Å². The molecule has 1 aliphatic heterocycles. The summed E-state index contributed by atoms with van der Waals surface area (Å²) in [4.78, 5) is 18.1. The number of hydrogen-bond donors (Lipinski definition) is 1. The second-order valence-corrected chi connectivity index (χ2v) is 8.04. The minimum Gasteiger partial charge on any atom is -0.497 e. The maximum atomic E-state index is 13.9. The molecule has 1 atom stereocenters. The third-order valence-electron chi connectivity index (χ3n) is 6.37. The third-order valence-corrected chi connectivity index (χ3v) is 6.37. The highest BCUT2D eigenvalue weighted by Crippen LogP contribution is 2.58. The molecule has 150 valence electrons. The Kier molecular flexibility index (Phi) is 3.88. The molecule has 1 saturated carbocycles. The van der Waals surface area contributed by atoms with Crippen molar-refractivity contribution >= 4 is 16.8 Å². The van der Waals surface area contributed by atoms with Crippen molar-refractivity contribution in [3.05, 3.63) is 59.0 Å². The number of benzene rings is 2. The van der Waals surface area contributed by atoms with E-state index in [0.717, 1.165) is 40.8 Å². The molecule has 3 aromatic rings. The van der Waals surface area contributed by atoms with Crippen LogP contribution in [0, 0.1) is 5.82 Å². The number of rotatable bonds is 3. The molecule has 6 heteroatoms. The van der Waals surface area contributed by atoms with Crippen LogP contribution >= 0.6 is 0 Å². The van der Waals surface area contributed by atoms with Crippen LogP contribution in [0.1, 0.15) is 42.6 Å². The predicted octanol–water partition coefficient (Wildman–Crippen LogP) is 4.31. The molecule has 29 heavy (non-hydrogen) atoms. The van der Waals surface area contributed by atoms with Gasteiger partial charge in [0.25, 0.3) is 0 Å². The molecule has 5 nitrogen and oxygen atoms in total. The fourth-order valence-electron chi connectivity index (χ4n) is 4.83. The number of fused-ring (bicyclic) bond motifs is 4. The minimum absolute atomic E-state index is 0.00506. The van der Waals surface area contributed by atoms with Gasteiger partial charge in [0.15, 0.2) is 0 Å². The highest BCUT2D eigenvalue weighted by atomic mass is 19.1. The average Bonchev–Trinajstić information content (AvgIpc) is 3.37. The smallest absolute Gasteiger partial charge is 0.220 e. The van der Waals surface area contributed by atoms with E-state index < -0.39 is 0 Å². The number of methoxy groups -OCH3 is 2. The highest BCUT2D eigenvalue weighted by Gasteiger charge is 2.54. The summed E-state index contributed by atoms with van der Waals surface area (Å²) in [5.74, 6) is 0.876. The largest absolute Gasteiger partial charge is 0.497 e. The summed E-state index contributed by atoms with van der Waals surface area (Å²) in [6.07, 6.45) is 2.09. The molecular weight excluding hydrogens is 371 g/mol. The van der Waals surface area contributed by atoms with Crippen molar-refractivity contribution in [1.82, 2.24) is 9.88 Å². The molecule has 1 N–H and O–H groups in total. The van der Waals surface area contributed by atoms with Crippen LogP contribution in [0.3, 0.4) is 0 Å². The summed E-state index contributed by atoms with van der Waals surface area (Å²) in [7, 11) is 3.19. The van der Waals surface area contributed by atoms with Gasteiger partial charge >= 0.3 is 0 Å². The van der Waals surface area contributed by atoms with E-state index in [4.69, 9.17) is 9.47 Å². The number of aromatic nitrogens is 1. The van der Waals surface area contributed by atoms with Gasteiger partial charge in [0, 0.05) is 47.1 Å². The summed E-state index contributed by atoms with van der Waals surface area (Å²) in [6, 6.07) is 10.2. The fraction of sp³-hybridized carbons (Fsp3) is 0.348. The van der Waals surface area contributed by atoms with Crippen molar-refractivity contribution in [2.45, 2.75) is 31.2 Å². The summed E-state index contributed by atoms with van der Waals surface area (Å²) < 4.78 is 24.8. The number of amides is 1. The third kappa shape index (κ3) is 2.62. The van der Waals surface area contributed by atoms with Crippen LogP contribution < -0.4 is 9.47 Å². The molecule has 1 aromatic heterocycles. The number of ether oxygens (including phenoxy) is 2. The van der Waals surface area contributed by atoms with Gasteiger partial charge in [0.1, 0.15) is 23.4 Å². The maximum Gasteiger partial charge on any atom is 0.220 e. The van der Waals surface area contributed by atoms with Gasteiger partial charge in [-0.05, 0) is 48.7 Å². The van der Waals surface area contributed by atoms with Crippen molar-refractivity contribution in [2.24, 2.45) is 0 Å². The minimum atomic E-state index is -0.365. The Morgan fingerprint density at radius 1 is 1.17 bits per heavy atom. The first-order valence-electron chi connectivity index (χ1n) is 9.78. The normalized spacial score (nSPS) is 19.3. The summed E-state index contributed by atoms with van der Waals surface area (Å²) in [5.41, 5.74) is 3.99. The van der Waals surface area contributed by atoms with E-state index in [-0.39, 0.29) is 23.2 Å². The number of aromatic amines is 1. The molecule has 5 rings (SSSR count). The first kappa shape index (κ1) is 18.0. The molecule has 1 aliphatic carbocycles. The molecule has 0 saturated heterocycles. The van der Waals surface area contributed by atoms with Crippen molar-refractivity contribution < 1.29 is 18.7 Å². The SMILES string of the molecule is COc1ccc2[nH]c3c(c2c1)C1(CC1)CN(C(C)=O)C3c1ccc(F)cc1OC. The first-order valence-corrected chi connectivity index (χ1v) is 9.78. The van der Waals surface area contributed by atoms with Gasteiger partial charge in [-0.2, -0.15) is 0 Å². The van der Waals surface area contributed by atoms with Gasteiger partial charge in [0.05, 0.1) is 14.2 Å². The van der Waals surface area contributed by atoms with E-state index in [1.807, 2.05) is 17.0 Å². The van der Waals surface area contributed by atoms with Gasteiger partial charge in [-0.15, -0.1) is 0 Å². The fourth-order valence-corrected chi connectivity index (χ4v) is 4.83.